The summed E-state index contributed by atoms with van der Waals surface area (Å²) in [6, 6.07) is 8.46. The van der Waals surface area contributed by atoms with E-state index in [4.69, 9.17) is 0 Å². The van der Waals surface area contributed by atoms with Crippen molar-refractivity contribution in [3.05, 3.63) is 47.3 Å². The van der Waals surface area contributed by atoms with Crippen molar-refractivity contribution in [1.29, 1.82) is 0 Å². The number of carbonyl (C=O) groups excluding carboxylic acids is 1. The van der Waals surface area contributed by atoms with Gasteiger partial charge in [0.1, 0.15) is 4.21 Å². The Hall–Kier alpha value is -2.11. The van der Waals surface area contributed by atoms with Crippen molar-refractivity contribution in [2.75, 3.05) is 44.2 Å². The molecule has 1 amide bonds. The second-order valence-corrected chi connectivity index (χ2v) is 11.1. The third-order valence-corrected chi connectivity index (χ3v) is 9.19. The zero-order valence-electron chi connectivity index (χ0n) is 17.3. The fourth-order valence-corrected chi connectivity index (χ4v) is 6.89. The van der Waals surface area contributed by atoms with Gasteiger partial charge in [-0.15, -0.1) is 11.3 Å². The SMILES string of the molecule is O=C([C@H]1CCCN(S(=O)(=O)c2cccs2)C1)N1CCN(c2cccc(C(F)(F)F)c2)CC1. The van der Waals surface area contributed by atoms with Crippen LogP contribution in [0.1, 0.15) is 18.4 Å². The Balaban J connectivity index is 1.37. The van der Waals surface area contributed by atoms with Crippen LogP contribution in [0.3, 0.4) is 0 Å². The number of sulfonamides is 1. The number of alkyl halides is 3. The highest BCUT2D eigenvalue weighted by molar-refractivity contribution is 7.91. The van der Waals surface area contributed by atoms with E-state index >= 15 is 0 Å². The number of benzene rings is 1. The molecule has 0 bridgehead atoms. The van der Waals surface area contributed by atoms with Crippen LogP contribution in [0.15, 0.2) is 46.0 Å². The number of halogens is 3. The number of nitrogens with zero attached hydrogens (tertiary/aromatic N) is 3. The van der Waals surface area contributed by atoms with Crippen LogP contribution in [-0.4, -0.2) is 62.8 Å². The maximum absolute atomic E-state index is 13.1. The van der Waals surface area contributed by atoms with Crippen molar-refractivity contribution in [1.82, 2.24) is 9.21 Å². The number of rotatable bonds is 4. The van der Waals surface area contributed by atoms with E-state index in [9.17, 15) is 26.4 Å². The van der Waals surface area contributed by atoms with Crippen LogP contribution in [0.2, 0.25) is 0 Å². The van der Waals surface area contributed by atoms with E-state index in [1.165, 1.54) is 10.4 Å². The van der Waals surface area contributed by atoms with Gasteiger partial charge in [0, 0.05) is 45.0 Å². The minimum absolute atomic E-state index is 0.0835. The number of hydrogen-bond donors (Lipinski definition) is 0. The Morgan fingerprint density at radius 2 is 1.78 bits per heavy atom. The average molecular weight is 488 g/mol. The fraction of sp³-hybridized carbons (Fsp3) is 0.476. The molecule has 0 spiro atoms. The lowest BCUT2D eigenvalue weighted by molar-refractivity contribution is -0.137. The molecular weight excluding hydrogens is 463 g/mol. The molecule has 11 heteroatoms. The molecule has 6 nitrogen and oxygen atoms in total. The van der Waals surface area contributed by atoms with E-state index < -0.39 is 27.7 Å². The van der Waals surface area contributed by atoms with E-state index in [-0.39, 0.29) is 16.7 Å². The topological polar surface area (TPSA) is 60.9 Å². The van der Waals surface area contributed by atoms with Gasteiger partial charge in [0.25, 0.3) is 10.0 Å². The molecule has 0 aliphatic carbocycles. The monoisotopic (exact) mass is 487 g/mol. The Bertz CT molecular complexity index is 1050. The summed E-state index contributed by atoms with van der Waals surface area (Å²) in [7, 11) is -3.60. The predicted molar refractivity (Wildman–Crippen MR) is 116 cm³/mol. The molecule has 2 aliphatic heterocycles. The summed E-state index contributed by atoms with van der Waals surface area (Å²) in [5.74, 6) is -0.488. The van der Waals surface area contributed by atoms with Crippen molar-refractivity contribution in [3.8, 4) is 0 Å². The molecule has 1 aromatic heterocycles. The summed E-state index contributed by atoms with van der Waals surface area (Å²) in [6.45, 7) is 2.20. The molecule has 1 aromatic carbocycles. The minimum Gasteiger partial charge on any atom is -0.368 e. The lowest BCUT2D eigenvalue weighted by Crippen LogP contribution is -2.53. The molecule has 4 rings (SSSR count). The predicted octanol–water partition coefficient (Wildman–Crippen LogP) is 3.52. The molecule has 0 N–H and O–H groups in total. The molecule has 32 heavy (non-hydrogen) atoms. The van der Waals surface area contributed by atoms with Crippen molar-refractivity contribution < 1.29 is 26.4 Å². The zero-order valence-corrected chi connectivity index (χ0v) is 18.9. The molecule has 2 saturated heterocycles. The van der Waals surface area contributed by atoms with E-state index in [0.717, 1.165) is 23.5 Å². The van der Waals surface area contributed by atoms with Gasteiger partial charge < -0.3 is 9.80 Å². The van der Waals surface area contributed by atoms with Gasteiger partial charge in [0.05, 0.1) is 11.5 Å². The minimum atomic E-state index is -4.40. The Kier molecular flexibility index (Phi) is 6.51. The lowest BCUT2D eigenvalue weighted by Gasteiger charge is -2.39. The number of carbonyl (C=O) groups is 1. The van der Waals surface area contributed by atoms with Gasteiger partial charge in [-0.05, 0) is 42.5 Å². The summed E-state index contributed by atoms with van der Waals surface area (Å²) in [5.41, 5.74) is -0.208. The molecule has 0 unspecified atom stereocenters. The first-order valence-electron chi connectivity index (χ1n) is 10.4. The van der Waals surface area contributed by atoms with Crippen LogP contribution < -0.4 is 4.90 Å². The first-order chi connectivity index (χ1) is 15.2. The van der Waals surface area contributed by atoms with Crippen molar-refractivity contribution in [2.24, 2.45) is 5.92 Å². The normalized spacial score (nSPS) is 21.0. The van der Waals surface area contributed by atoms with Gasteiger partial charge >= 0.3 is 6.18 Å². The Morgan fingerprint density at radius 3 is 2.44 bits per heavy atom. The number of hydrogen-bond acceptors (Lipinski definition) is 5. The van der Waals surface area contributed by atoms with Gasteiger partial charge in [0.15, 0.2) is 0 Å². The number of piperidine rings is 1. The van der Waals surface area contributed by atoms with Crippen LogP contribution in [0.5, 0.6) is 0 Å². The van der Waals surface area contributed by atoms with Gasteiger partial charge in [-0.1, -0.05) is 12.1 Å². The second-order valence-electron chi connectivity index (χ2n) is 7.99. The van der Waals surface area contributed by atoms with Gasteiger partial charge in [-0.25, -0.2) is 8.42 Å². The van der Waals surface area contributed by atoms with Crippen LogP contribution in [0.25, 0.3) is 0 Å². The zero-order chi connectivity index (χ0) is 22.9. The van der Waals surface area contributed by atoms with Gasteiger partial charge in [-0.2, -0.15) is 17.5 Å². The maximum atomic E-state index is 13.1. The molecule has 0 saturated carbocycles. The molecule has 2 aromatic rings. The number of thiophene rings is 1. The summed E-state index contributed by atoms with van der Waals surface area (Å²) < 4.78 is 66.3. The lowest BCUT2D eigenvalue weighted by atomic mass is 9.97. The van der Waals surface area contributed by atoms with Gasteiger partial charge in [0.2, 0.25) is 5.91 Å². The molecule has 174 valence electrons. The summed E-state index contributed by atoms with van der Waals surface area (Å²) in [5, 5.41) is 1.71. The van der Waals surface area contributed by atoms with E-state index in [1.54, 1.807) is 28.5 Å². The molecular formula is C21H24F3N3O3S2. The van der Waals surface area contributed by atoms with E-state index in [2.05, 4.69) is 0 Å². The number of piperazine rings is 1. The first-order valence-corrected chi connectivity index (χ1v) is 12.7. The molecule has 2 fully saturated rings. The third-order valence-electron chi connectivity index (χ3n) is 5.95. The van der Waals surface area contributed by atoms with Crippen molar-refractivity contribution in [3.63, 3.8) is 0 Å². The smallest absolute Gasteiger partial charge is 0.368 e. The molecule has 1 atom stereocenters. The maximum Gasteiger partial charge on any atom is 0.416 e. The van der Waals surface area contributed by atoms with Crippen molar-refractivity contribution >= 4 is 33.0 Å². The third kappa shape index (κ3) is 4.79. The fourth-order valence-electron chi connectivity index (χ4n) is 4.22. The second kappa shape index (κ2) is 9.03. The molecule has 2 aliphatic rings. The number of amides is 1. The molecule has 0 radical (unpaired) electrons. The van der Waals surface area contributed by atoms with Crippen LogP contribution in [0.4, 0.5) is 18.9 Å². The summed E-state index contributed by atoms with van der Waals surface area (Å²) in [4.78, 5) is 16.6. The highest BCUT2D eigenvalue weighted by Gasteiger charge is 2.36. The number of anilines is 1. The van der Waals surface area contributed by atoms with E-state index in [0.29, 0.717) is 51.3 Å². The van der Waals surface area contributed by atoms with E-state index in [1.807, 2.05) is 4.90 Å². The Labute approximate surface area is 189 Å². The summed E-state index contributed by atoms with van der Waals surface area (Å²) in [6.07, 6.45) is -3.15. The average Bonchev–Trinajstić information content (AvgIpc) is 3.34. The quantitative estimate of drug-likeness (QED) is 0.662. The highest BCUT2D eigenvalue weighted by Crippen LogP contribution is 2.32. The largest absolute Gasteiger partial charge is 0.416 e. The van der Waals surface area contributed by atoms with Crippen LogP contribution in [0, 0.1) is 5.92 Å². The standard InChI is InChI=1S/C21H24F3N3O3S2/c22-21(23,24)17-5-1-6-18(14-17)25-9-11-26(12-10-25)20(28)16-4-2-8-27(15-16)32(29,30)19-7-3-13-31-19/h1,3,5-7,13-14,16H,2,4,8-12,15H2/t16-/m0/s1. The summed E-state index contributed by atoms with van der Waals surface area (Å²) >= 11 is 1.16. The van der Waals surface area contributed by atoms with Gasteiger partial charge in [-0.3, -0.25) is 4.79 Å². The van der Waals surface area contributed by atoms with Crippen LogP contribution >= 0.6 is 11.3 Å². The van der Waals surface area contributed by atoms with Crippen LogP contribution in [-0.2, 0) is 21.0 Å². The Morgan fingerprint density at radius 1 is 1.03 bits per heavy atom. The molecule has 3 heterocycles. The first kappa shape index (κ1) is 23.1. The van der Waals surface area contributed by atoms with Crippen molar-refractivity contribution in [2.45, 2.75) is 23.2 Å². The highest BCUT2D eigenvalue weighted by atomic mass is 32.2.